The average Bonchev–Trinajstić information content (AvgIpc) is 2.42. The summed E-state index contributed by atoms with van der Waals surface area (Å²) < 4.78 is 10.2. The fourth-order valence-corrected chi connectivity index (χ4v) is 2.10. The second kappa shape index (κ2) is 6.62. The summed E-state index contributed by atoms with van der Waals surface area (Å²) in [6.07, 6.45) is 0. The van der Waals surface area contributed by atoms with Crippen LogP contribution in [0, 0.1) is 0 Å². The molecule has 0 atom stereocenters. The van der Waals surface area contributed by atoms with Crippen molar-refractivity contribution in [3.8, 4) is 5.75 Å². The van der Waals surface area contributed by atoms with Gasteiger partial charge in [-0.15, -0.1) is 0 Å². The lowest BCUT2D eigenvalue weighted by molar-refractivity contribution is -0.145. The van der Waals surface area contributed by atoms with Gasteiger partial charge in [-0.25, -0.2) is 4.79 Å². The number of benzene rings is 1. The molecule has 1 aromatic carbocycles. The van der Waals surface area contributed by atoms with Gasteiger partial charge in [-0.2, -0.15) is 0 Å². The van der Waals surface area contributed by atoms with Crippen LogP contribution >= 0.6 is 0 Å². The third-order valence-electron chi connectivity index (χ3n) is 3.14. The van der Waals surface area contributed by atoms with Gasteiger partial charge in [-0.05, 0) is 33.2 Å². The average molecular weight is 319 g/mol. The van der Waals surface area contributed by atoms with Gasteiger partial charge in [-0.3, -0.25) is 14.5 Å². The number of carbonyl (C=O) groups excluding carboxylic acids is 2. The van der Waals surface area contributed by atoms with Crippen molar-refractivity contribution in [2.75, 3.05) is 20.6 Å². The Balaban J connectivity index is 2.42. The number of esters is 1. The molecule has 0 aliphatic carbocycles. The third-order valence-corrected chi connectivity index (χ3v) is 3.14. The fourth-order valence-electron chi connectivity index (χ4n) is 2.10. The first-order valence-electron chi connectivity index (χ1n) is 6.89. The predicted molar refractivity (Wildman–Crippen MR) is 82.5 cm³/mol. The van der Waals surface area contributed by atoms with Gasteiger partial charge in [0, 0.05) is 17.0 Å². The number of nitrogens with zero attached hydrogens (tertiary/aromatic N) is 1. The molecular weight excluding hydrogens is 302 g/mol. The Morgan fingerprint density at radius 2 is 1.96 bits per heavy atom. The minimum atomic E-state index is -0.772. The smallest absolute Gasteiger partial charge is 0.347 e. The molecule has 0 saturated carbocycles. The standard InChI is InChI=1S/C16H17NO6/c1-9(18)12-6-13-10(8-22-15(20)7-17(2)3)4-11(19)5-14(13)23-16(12)21/h4-6,19H,7-8H2,1-3H3. The largest absolute Gasteiger partial charge is 0.508 e. The van der Waals surface area contributed by atoms with E-state index >= 15 is 0 Å². The topological polar surface area (TPSA) is 97.1 Å². The van der Waals surface area contributed by atoms with Crippen LogP contribution in [0.2, 0.25) is 0 Å². The molecule has 0 spiro atoms. The molecule has 2 aromatic rings. The molecule has 0 aliphatic rings. The number of hydrogen-bond donors (Lipinski definition) is 1. The molecule has 0 unspecified atom stereocenters. The van der Waals surface area contributed by atoms with E-state index in [1.54, 1.807) is 19.0 Å². The molecule has 0 amide bonds. The van der Waals surface area contributed by atoms with Crippen LogP contribution in [0.3, 0.4) is 0 Å². The van der Waals surface area contributed by atoms with Crippen LogP contribution in [-0.2, 0) is 16.1 Å². The maximum atomic E-state index is 11.7. The molecule has 0 fully saturated rings. The van der Waals surface area contributed by atoms with E-state index in [1.165, 1.54) is 25.1 Å². The minimum Gasteiger partial charge on any atom is -0.508 e. The molecule has 0 bridgehead atoms. The van der Waals surface area contributed by atoms with E-state index in [1.807, 2.05) is 0 Å². The van der Waals surface area contributed by atoms with Gasteiger partial charge in [0.15, 0.2) is 5.78 Å². The summed E-state index contributed by atoms with van der Waals surface area (Å²) in [6.45, 7) is 1.27. The van der Waals surface area contributed by atoms with Crippen molar-refractivity contribution >= 4 is 22.7 Å². The van der Waals surface area contributed by atoms with E-state index in [4.69, 9.17) is 9.15 Å². The predicted octanol–water partition coefficient (Wildman–Crippen LogP) is 1.31. The highest BCUT2D eigenvalue weighted by Gasteiger charge is 2.14. The molecule has 0 saturated heterocycles. The van der Waals surface area contributed by atoms with Crippen molar-refractivity contribution in [1.82, 2.24) is 4.90 Å². The van der Waals surface area contributed by atoms with Crippen LogP contribution in [0.4, 0.5) is 0 Å². The zero-order chi connectivity index (χ0) is 17.1. The number of fused-ring (bicyclic) bond motifs is 1. The summed E-state index contributed by atoms with van der Waals surface area (Å²) in [6, 6.07) is 4.05. The Morgan fingerprint density at radius 1 is 1.26 bits per heavy atom. The van der Waals surface area contributed by atoms with E-state index < -0.39 is 17.4 Å². The molecule has 1 aromatic heterocycles. The van der Waals surface area contributed by atoms with Crippen molar-refractivity contribution in [3.05, 3.63) is 39.7 Å². The first-order valence-corrected chi connectivity index (χ1v) is 6.89. The van der Waals surface area contributed by atoms with Crippen LogP contribution < -0.4 is 5.63 Å². The fraction of sp³-hybridized carbons (Fsp3) is 0.312. The normalized spacial score (nSPS) is 11.0. The Morgan fingerprint density at radius 3 is 2.57 bits per heavy atom. The number of Topliss-reactive ketones (excluding diaryl/α,β-unsaturated/α-hetero) is 1. The third kappa shape index (κ3) is 3.95. The van der Waals surface area contributed by atoms with Gasteiger partial charge in [0.05, 0.1) is 6.54 Å². The van der Waals surface area contributed by atoms with Crippen molar-refractivity contribution in [3.63, 3.8) is 0 Å². The van der Waals surface area contributed by atoms with Gasteiger partial charge in [-0.1, -0.05) is 0 Å². The first-order chi connectivity index (χ1) is 10.8. The van der Waals surface area contributed by atoms with E-state index in [0.717, 1.165) is 0 Å². The lowest BCUT2D eigenvalue weighted by atomic mass is 10.1. The Labute approximate surface area is 132 Å². The molecule has 0 aliphatic heterocycles. The van der Waals surface area contributed by atoms with Crippen molar-refractivity contribution in [1.29, 1.82) is 0 Å². The molecule has 0 radical (unpaired) electrons. The highest BCUT2D eigenvalue weighted by atomic mass is 16.5. The zero-order valence-corrected chi connectivity index (χ0v) is 13.1. The van der Waals surface area contributed by atoms with E-state index in [9.17, 15) is 19.5 Å². The van der Waals surface area contributed by atoms with Crippen LogP contribution in [0.5, 0.6) is 5.75 Å². The summed E-state index contributed by atoms with van der Waals surface area (Å²) in [5, 5.41) is 10.1. The minimum absolute atomic E-state index is 0.0935. The Hall–Kier alpha value is -2.67. The molecule has 7 nitrogen and oxygen atoms in total. The van der Waals surface area contributed by atoms with Crippen LogP contribution in [0.25, 0.3) is 11.0 Å². The molecule has 122 valence electrons. The van der Waals surface area contributed by atoms with Gasteiger partial charge in [0.1, 0.15) is 23.5 Å². The number of carbonyl (C=O) groups is 2. The van der Waals surface area contributed by atoms with Crippen molar-refractivity contribution in [2.24, 2.45) is 0 Å². The van der Waals surface area contributed by atoms with Crippen LogP contribution in [0.1, 0.15) is 22.8 Å². The second-order valence-corrected chi connectivity index (χ2v) is 5.42. The molecular formula is C16H17NO6. The first kappa shape index (κ1) is 16.7. The number of aromatic hydroxyl groups is 1. The molecule has 1 N–H and O–H groups in total. The molecule has 23 heavy (non-hydrogen) atoms. The number of hydrogen-bond acceptors (Lipinski definition) is 7. The number of ketones is 1. The second-order valence-electron chi connectivity index (χ2n) is 5.42. The summed E-state index contributed by atoms with van der Waals surface area (Å²) in [5.41, 5.74) is -0.299. The number of rotatable bonds is 5. The lowest BCUT2D eigenvalue weighted by Gasteiger charge is -2.11. The molecule has 1 heterocycles. The van der Waals surface area contributed by atoms with Crippen LogP contribution in [0.15, 0.2) is 27.4 Å². The SMILES string of the molecule is CC(=O)c1cc2c(COC(=O)CN(C)C)cc(O)cc2oc1=O. The summed E-state index contributed by atoms with van der Waals surface area (Å²) in [4.78, 5) is 36.5. The van der Waals surface area contributed by atoms with Crippen molar-refractivity contribution < 1.29 is 23.8 Å². The summed E-state index contributed by atoms with van der Waals surface area (Å²) in [7, 11) is 3.47. The van der Waals surface area contributed by atoms with Gasteiger partial charge in [0.2, 0.25) is 0 Å². The number of likely N-dealkylation sites (N-methyl/N-ethyl adjacent to an activating group) is 1. The summed E-state index contributed by atoms with van der Waals surface area (Å²) in [5.74, 6) is -0.991. The van der Waals surface area contributed by atoms with Gasteiger partial charge < -0.3 is 14.3 Å². The molecule has 2 rings (SSSR count). The molecule has 7 heteroatoms. The maximum Gasteiger partial charge on any atom is 0.347 e. The van der Waals surface area contributed by atoms with E-state index in [2.05, 4.69) is 0 Å². The highest BCUT2D eigenvalue weighted by molar-refractivity contribution is 5.97. The zero-order valence-electron chi connectivity index (χ0n) is 13.1. The maximum absolute atomic E-state index is 11.7. The van der Waals surface area contributed by atoms with Gasteiger partial charge in [0.25, 0.3) is 0 Å². The number of phenolic OH excluding ortho intramolecular Hbond substituents is 1. The van der Waals surface area contributed by atoms with Crippen molar-refractivity contribution in [2.45, 2.75) is 13.5 Å². The number of ether oxygens (including phenoxy) is 1. The van der Waals surface area contributed by atoms with E-state index in [0.29, 0.717) is 10.9 Å². The Kier molecular flexibility index (Phi) is 4.80. The summed E-state index contributed by atoms with van der Waals surface area (Å²) >= 11 is 0. The van der Waals surface area contributed by atoms with Gasteiger partial charge >= 0.3 is 11.6 Å². The Bertz CT molecular complexity index is 821. The monoisotopic (exact) mass is 319 g/mol. The van der Waals surface area contributed by atoms with E-state index in [-0.39, 0.29) is 30.0 Å². The lowest BCUT2D eigenvalue weighted by Crippen LogP contribution is -2.23. The number of phenols is 1. The van der Waals surface area contributed by atoms with Crippen LogP contribution in [-0.4, -0.2) is 42.4 Å². The highest BCUT2D eigenvalue weighted by Crippen LogP contribution is 2.25. The quantitative estimate of drug-likeness (QED) is 0.504.